The van der Waals surface area contributed by atoms with Crippen LogP contribution in [0.4, 0.5) is 0 Å². The minimum atomic E-state index is -2.81. The summed E-state index contributed by atoms with van der Waals surface area (Å²) < 4.78 is 33.8. The van der Waals surface area contributed by atoms with E-state index in [9.17, 15) is 9.59 Å². The zero-order valence-electron chi connectivity index (χ0n) is 23.0. The van der Waals surface area contributed by atoms with E-state index in [1.54, 1.807) is 33.1 Å². The molecule has 0 N–H and O–H groups in total. The molecule has 0 heterocycles. The first-order valence-electron chi connectivity index (χ1n) is 12.9. The number of rotatable bonds is 22. The minimum Gasteiger partial charge on any atom is -0.408 e. The van der Waals surface area contributed by atoms with Crippen molar-refractivity contribution >= 4 is 52.5 Å². The molecular formula is C24H48O8S2Si2. The third kappa shape index (κ3) is 12.9. The van der Waals surface area contributed by atoms with Gasteiger partial charge in [0.25, 0.3) is 0 Å². The van der Waals surface area contributed by atoms with Crippen LogP contribution in [-0.2, 0) is 36.8 Å². The van der Waals surface area contributed by atoms with Crippen molar-refractivity contribution < 1.29 is 36.8 Å². The Bertz CT molecular complexity index is 576. The number of carbonyl (C=O) groups excluding carboxylic acids is 2. The quantitative estimate of drug-likeness (QED) is 0.0767. The van der Waals surface area contributed by atoms with Gasteiger partial charge in [0.15, 0.2) is 0 Å². The van der Waals surface area contributed by atoms with Crippen molar-refractivity contribution in [1.82, 2.24) is 0 Å². The first-order valence-corrected chi connectivity index (χ1v) is 19.2. The fourth-order valence-electron chi connectivity index (χ4n) is 4.24. The van der Waals surface area contributed by atoms with E-state index in [-0.39, 0.29) is 10.9 Å². The van der Waals surface area contributed by atoms with Crippen molar-refractivity contribution in [3.63, 3.8) is 0 Å². The largest absolute Gasteiger partial charge is 0.500 e. The Kier molecular flexibility index (Phi) is 18.4. The summed E-state index contributed by atoms with van der Waals surface area (Å²) in [6.45, 7) is 5.83. The molecule has 2 unspecified atom stereocenters. The molecule has 1 fully saturated rings. The molecule has 0 bridgehead atoms. The zero-order valence-corrected chi connectivity index (χ0v) is 26.7. The molecule has 1 aliphatic rings. The molecule has 36 heavy (non-hydrogen) atoms. The molecule has 1 rings (SSSR count). The van der Waals surface area contributed by atoms with Gasteiger partial charge in [-0.2, -0.15) is 0 Å². The van der Waals surface area contributed by atoms with Crippen LogP contribution in [0.15, 0.2) is 0 Å². The smallest absolute Gasteiger partial charge is 0.408 e. The van der Waals surface area contributed by atoms with Crippen LogP contribution >= 0.6 is 23.5 Å². The third-order valence-corrected chi connectivity index (χ3v) is 14.6. The maximum atomic E-state index is 11.2. The van der Waals surface area contributed by atoms with E-state index in [1.807, 2.05) is 11.8 Å². The highest BCUT2D eigenvalue weighted by Crippen LogP contribution is 2.31. The highest BCUT2D eigenvalue weighted by atomic mass is 32.2. The summed E-state index contributed by atoms with van der Waals surface area (Å²) in [5, 5.41) is 0. The first kappa shape index (κ1) is 34.3. The van der Waals surface area contributed by atoms with Gasteiger partial charge in [-0.05, 0) is 81.8 Å². The normalized spacial score (nSPS) is 20.7. The second kappa shape index (κ2) is 19.3. The molecule has 0 aromatic carbocycles. The topological polar surface area (TPSA) is 89.5 Å². The SMILES string of the molecule is CO[Si](C=O)(C=O)CCCSC(C)OCC1CCC(COC(C)SCCC[Si](OC)(OC)OC)CC1. The molecule has 2 atom stereocenters. The van der Waals surface area contributed by atoms with Gasteiger partial charge in [-0.25, -0.2) is 0 Å². The lowest BCUT2D eigenvalue weighted by atomic mass is 9.83. The van der Waals surface area contributed by atoms with Gasteiger partial charge in [0.05, 0.1) is 24.1 Å². The average Bonchev–Trinajstić information content (AvgIpc) is 2.92. The van der Waals surface area contributed by atoms with Crippen molar-refractivity contribution in [1.29, 1.82) is 0 Å². The molecule has 1 saturated carbocycles. The van der Waals surface area contributed by atoms with Crippen molar-refractivity contribution in [2.45, 2.75) is 75.3 Å². The summed E-state index contributed by atoms with van der Waals surface area (Å²) in [5.41, 5.74) is 0.293. The van der Waals surface area contributed by atoms with Crippen LogP contribution in [0.2, 0.25) is 12.1 Å². The monoisotopic (exact) mass is 584 g/mol. The van der Waals surface area contributed by atoms with E-state index in [2.05, 4.69) is 13.8 Å². The Morgan fingerprint density at radius 2 is 1.14 bits per heavy atom. The van der Waals surface area contributed by atoms with Crippen LogP contribution in [0.5, 0.6) is 0 Å². The molecule has 0 radical (unpaired) electrons. The van der Waals surface area contributed by atoms with Gasteiger partial charge in [0.2, 0.25) is 0 Å². The minimum absolute atomic E-state index is 0.111. The first-order chi connectivity index (χ1) is 17.3. The maximum absolute atomic E-state index is 11.2. The van der Waals surface area contributed by atoms with Crippen molar-refractivity contribution in [2.75, 3.05) is 53.2 Å². The molecule has 0 aromatic heterocycles. The predicted octanol–water partition coefficient (Wildman–Crippen LogP) is 4.78. The lowest BCUT2D eigenvalue weighted by Gasteiger charge is -2.29. The lowest BCUT2D eigenvalue weighted by molar-refractivity contribution is 0.0424. The fraction of sp³-hybridized carbons (Fsp3) is 0.917. The molecule has 8 nitrogen and oxygen atoms in total. The molecule has 1 aliphatic carbocycles. The Morgan fingerprint density at radius 3 is 1.50 bits per heavy atom. The number of ether oxygens (including phenoxy) is 2. The summed E-state index contributed by atoms with van der Waals surface area (Å²) >= 11 is 3.57. The van der Waals surface area contributed by atoms with Gasteiger partial charge in [0.1, 0.15) is 11.8 Å². The zero-order chi connectivity index (χ0) is 26.9. The van der Waals surface area contributed by atoms with Gasteiger partial charge in [0, 0.05) is 34.5 Å². The highest BCUT2D eigenvalue weighted by molar-refractivity contribution is 7.99. The van der Waals surface area contributed by atoms with Crippen molar-refractivity contribution in [2.24, 2.45) is 11.8 Å². The summed E-state index contributed by atoms with van der Waals surface area (Å²) in [5.74, 6) is 4.55. The summed E-state index contributed by atoms with van der Waals surface area (Å²) in [4.78, 5) is 22.3. The number of carbonyl (C=O) groups is 2. The highest BCUT2D eigenvalue weighted by Gasteiger charge is 2.37. The average molecular weight is 585 g/mol. The van der Waals surface area contributed by atoms with E-state index >= 15 is 0 Å². The van der Waals surface area contributed by atoms with Crippen LogP contribution in [0.1, 0.15) is 52.4 Å². The van der Waals surface area contributed by atoms with Crippen LogP contribution in [0, 0.1) is 11.8 Å². The lowest BCUT2D eigenvalue weighted by Crippen LogP contribution is -2.42. The third-order valence-electron chi connectivity index (χ3n) is 6.86. The molecule has 0 spiro atoms. The van der Waals surface area contributed by atoms with Crippen LogP contribution in [0.3, 0.4) is 0 Å². The summed E-state index contributed by atoms with van der Waals surface area (Å²) in [6.07, 6.45) is 6.52. The molecule has 0 saturated heterocycles. The Hall–Kier alpha value is 0.234. The predicted molar refractivity (Wildman–Crippen MR) is 153 cm³/mol. The van der Waals surface area contributed by atoms with E-state index in [4.69, 9.17) is 27.2 Å². The Balaban J connectivity index is 2.12. The molecule has 0 amide bonds. The van der Waals surface area contributed by atoms with Gasteiger partial charge in [-0.3, -0.25) is 0 Å². The van der Waals surface area contributed by atoms with Crippen molar-refractivity contribution in [3.05, 3.63) is 0 Å². The maximum Gasteiger partial charge on any atom is 0.500 e. The number of thioether (sulfide) groups is 2. The molecule has 0 aliphatic heterocycles. The van der Waals surface area contributed by atoms with E-state index < -0.39 is 17.1 Å². The molecule has 0 aromatic rings. The molecule has 212 valence electrons. The standard InChI is InChI=1S/C24H48O8S2Si2/c1-21(33-13-7-15-35(19-25,20-26)27-3)31-17-23-9-11-24(12-10-23)18-32-22(2)34-14-8-16-36(28-4,29-5)30-6/h19-24H,7-18H2,1-6H3. The van der Waals surface area contributed by atoms with Crippen molar-refractivity contribution in [3.8, 4) is 0 Å². The second-order valence-corrected chi connectivity index (χ2v) is 18.5. The van der Waals surface area contributed by atoms with E-state index in [1.165, 1.54) is 32.8 Å². The van der Waals surface area contributed by atoms with E-state index in [0.717, 1.165) is 55.4 Å². The van der Waals surface area contributed by atoms with Gasteiger partial charge >= 0.3 is 17.1 Å². The fourth-order valence-corrected chi connectivity index (χ4v) is 9.53. The summed E-state index contributed by atoms with van der Waals surface area (Å²) in [7, 11) is 1.14. The summed E-state index contributed by atoms with van der Waals surface area (Å²) in [6, 6.07) is 1.35. The Labute approximate surface area is 229 Å². The van der Waals surface area contributed by atoms with Gasteiger partial charge in [-0.15, -0.1) is 23.5 Å². The van der Waals surface area contributed by atoms with Crippen LogP contribution < -0.4 is 0 Å². The number of hydrogen-bond donors (Lipinski definition) is 0. The van der Waals surface area contributed by atoms with Gasteiger partial charge in [-0.1, -0.05) is 0 Å². The second-order valence-electron chi connectivity index (χ2n) is 9.33. The molecular weight excluding hydrogens is 537 g/mol. The van der Waals surface area contributed by atoms with Gasteiger partial charge < -0.3 is 36.8 Å². The van der Waals surface area contributed by atoms with E-state index in [0.29, 0.717) is 17.9 Å². The van der Waals surface area contributed by atoms with Crippen LogP contribution in [-0.4, -0.2) is 93.0 Å². The molecule has 12 heteroatoms. The van der Waals surface area contributed by atoms with Crippen LogP contribution in [0.25, 0.3) is 0 Å². The Morgan fingerprint density at radius 1 is 0.722 bits per heavy atom. The number of hydrogen-bond acceptors (Lipinski definition) is 10.